The number of aliphatic hydroxyl groups excluding tert-OH is 8. The summed E-state index contributed by atoms with van der Waals surface area (Å²) in [6.45, 7) is 15.0. The highest BCUT2D eigenvalue weighted by atomic mass is 16.8. The molecule has 5 aliphatic carbocycles. The first-order valence-electron chi connectivity index (χ1n) is 23.1. The SMILES string of the molecule is CC1(C)CC[C@]2(C(=O)O)CC[C@]3(C)C(=CC[C@@H]4[C@@]5(C)CC[C@H](O[C@@H]6OC[C@H](O)[C@H](O[C@@H]7O[C@H](CO)[C@@H](O)[C@H](O)[C@H]7O)[C@H]6O[C@@H]6OC[C@@H](O)[C@H](O)C6O)C(C)(C)[C@@H]5CC[C@]43C)[C@@H]2C1. The molecule has 7 fully saturated rings. The molecule has 3 heterocycles. The van der Waals surface area contributed by atoms with Crippen LogP contribution in [0.2, 0.25) is 0 Å². The molecular weight excluding hydrogens is 808 g/mol. The molecule has 0 aromatic carbocycles. The Bertz CT molecular complexity index is 1690. The van der Waals surface area contributed by atoms with Gasteiger partial charge in [0.05, 0.1) is 31.3 Å². The summed E-state index contributed by atoms with van der Waals surface area (Å²) >= 11 is 0. The second-order valence-corrected chi connectivity index (χ2v) is 22.6. The van der Waals surface area contributed by atoms with Gasteiger partial charge in [-0.2, -0.15) is 0 Å². The summed E-state index contributed by atoms with van der Waals surface area (Å²) in [6, 6.07) is 0. The first-order valence-corrected chi connectivity index (χ1v) is 23.1. The molecule has 9 N–H and O–H groups in total. The van der Waals surface area contributed by atoms with Crippen molar-refractivity contribution in [3.63, 3.8) is 0 Å². The number of rotatable bonds is 8. The van der Waals surface area contributed by atoms with Crippen LogP contribution in [-0.2, 0) is 33.2 Å². The number of aliphatic hydroxyl groups is 8. The molecule has 8 aliphatic rings. The third-order valence-corrected chi connectivity index (χ3v) is 18.6. The normalized spacial score (nSPS) is 53.6. The topological polar surface area (TPSA) is 255 Å². The summed E-state index contributed by atoms with van der Waals surface area (Å²) in [6.07, 6.45) is -9.35. The van der Waals surface area contributed by atoms with Crippen molar-refractivity contribution >= 4 is 5.97 Å². The summed E-state index contributed by atoms with van der Waals surface area (Å²) in [5, 5.41) is 95.4. The average molecular weight is 883 g/mol. The van der Waals surface area contributed by atoms with Gasteiger partial charge in [0.2, 0.25) is 0 Å². The fraction of sp³-hybridized carbons (Fsp3) is 0.935. The predicted molar refractivity (Wildman–Crippen MR) is 219 cm³/mol. The van der Waals surface area contributed by atoms with Crippen LogP contribution in [0.3, 0.4) is 0 Å². The lowest BCUT2D eigenvalue weighted by atomic mass is 9.33. The Morgan fingerprint density at radius 1 is 0.694 bits per heavy atom. The smallest absolute Gasteiger partial charge is 0.310 e. The largest absolute Gasteiger partial charge is 0.481 e. The minimum absolute atomic E-state index is 0.0255. The van der Waals surface area contributed by atoms with Crippen LogP contribution in [0.25, 0.3) is 0 Å². The molecule has 0 spiro atoms. The van der Waals surface area contributed by atoms with Crippen molar-refractivity contribution in [3.05, 3.63) is 11.6 Å². The van der Waals surface area contributed by atoms with Gasteiger partial charge in [-0.05, 0) is 109 Å². The van der Waals surface area contributed by atoms with Gasteiger partial charge in [0.1, 0.15) is 61.0 Å². The Balaban J connectivity index is 1.06. The molecule has 16 nitrogen and oxygen atoms in total. The van der Waals surface area contributed by atoms with E-state index in [-0.39, 0.29) is 46.7 Å². The third-order valence-electron chi connectivity index (χ3n) is 18.6. The van der Waals surface area contributed by atoms with Gasteiger partial charge in [0.15, 0.2) is 18.9 Å². The number of fused-ring (bicyclic) bond motifs is 7. The molecular formula is C46H74O16. The molecule has 21 atom stereocenters. The van der Waals surface area contributed by atoms with Crippen LogP contribution in [0.5, 0.6) is 0 Å². The Morgan fingerprint density at radius 3 is 2.03 bits per heavy atom. The van der Waals surface area contributed by atoms with Crippen LogP contribution in [0.1, 0.15) is 113 Å². The fourth-order valence-electron chi connectivity index (χ4n) is 14.6. The van der Waals surface area contributed by atoms with E-state index in [1.807, 2.05) is 0 Å². The van der Waals surface area contributed by atoms with E-state index in [0.29, 0.717) is 18.8 Å². The maximum Gasteiger partial charge on any atom is 0.310 e. The fourth-order valence-corrected chi connectivity index (χ4v) is 14.6. The third kappa shape index (κ3) is 7.28. The number of aliphatic carboxylic acids is 1. The molecule has 0 aromatic heterocycles. The van der Waals surface area contributed by atoms with E-state index in [4.69, 9.17) is 28.4 Å². The van der Waals surface area contributed by atoms with Gasteiger partial charge in [0.25, 0.3) is 0 Å². The highest BCUT2D eigenvalue weighted by molar-refractivity contribution is 5.76. The molecule has 62 heavy (non-hydrogen) atoms. The highest BCUT2D eigenvalue weighted by Gasteiger charge is 2.70. The molecule has 4 saturated carbocycles. The molecule has 3 aliphatic heterocycles. The van der Waals surface area contributed by atoms with Gasteiger partial charge in [-0.25, -0.2) is 0 Å². The first-order chi connectivity index (χ1) is 29.0. The van der Waals surface area contributed by atoms with Gasteiger partial charge in [0, 0.05) is 0 Å². The summed E-state index contributed by atoms with van der Waals surface area (Å²) in [4.78, 5) is 13.1. The molecule has 0 bridgehead atoms. The van der Waals surface area contributed by atoms with E-state index in [2.05, 4.69) is 54.5 Å². The maximum absolute atomic E-state index is 13.1. The van der Waals surface area contributed by atoms with Gasteiger partial charge >= 0.3 is 5.97 Å². The lowest BCUT2D eigenvalue weighted by Gasteiger charge is -2.71. The standard InChI is InChI=1S/C46H74O16/c1-41(2)14-16-46(40(55)56)17-15-44(6)22(23(46)18-41)8-9-28-43(5)12-11-29(42(3,4)27(43)10-13-45(28,44)7)60-39-36(62-37-33(53)30(50)24(48)20-57-37)35(25(49)21-58-39)61-38-34(54)32(52)31(51)26(19-47)59-38/h8,23-39,47-54H,9-21H2,1-7H3,(H,55,56)/t23-,24+,25-,26+,27-,28+,29-,30-,31+,32-,33?,34+,35-,36+,37-,38-,39-,43-,44+,45+,46-/m0/s1. The van der Waals surface area contributed by atoms with Crippen molar-refractivity contribution in [3.8, 4) is 0 Å². The second kappa shape index (κ2) is 16.5. The predicted octanol–water partition coefficient (Wildman–Crippen LogP) is 1.98. The molecule has 0 radical (unpaired) electrons. The molecule has 3 saturated heterocycles. The van der Waals surface area contributed by atoms with Crippen LogP contribution in [0.15, 0.2) is 11.6 Å². The maximum atomic E-state index is 13.1. The molecule has 8 rings (SSSR count). The van der Waals surface area contributed by atoms with Crippen molar-refractivity contribution < 1.29 is 79.2 Å². The summed E-state index contributed by atoms with van der Waals surface area (Å²) in [5.74, 6) is -0.0522. The Kier molecular flexibility index (Phi) is 12.5. The van der Waals surface area contributed by atoms with Crippen LogP contribution < -0.4 is 0 Å². The van der Waals surface area contributed by atoms with E-state index < -0.39 is 109 Å². The number of carboxylic acid groups (broad SMARTS) is 1. The molecule has 1 unspecified atom stereocenters. The summed E-state index contributed by atoms with van der Waals surface area (Å²) in [7, 11) is 0. The zero-order valence-corrected chi connectivity index (χ0v) is 37.5. The van der Waals surface area contributed by atoms with Crippen molar-refractivity contribution in [1.29, 1.82) is 0 Å². The first kappa shape index (κ1) is 47.2. The zero-order chi connectivity index (χ0) is 45.1. The Labute approximate surface area is 364 Å². The molecule has 16 heteroatoms. The molecule has 354 valence electrons. The summed E-state index contributed by atoms with van der Waals surface area (Å²) in [5.41, 5.74) is 0.0706. The summed E-state index contributed by atoms with van der Waals surface area (Å²) < 4.78 is 36.8. The van der Waals surface area contributed by atoms with E-state index in [1.54, 1.807) is 0 Å². The van der Waals surface area contributed by atoms with E-state index in [1.165, 1.54) is 5.57 Å². The molecule has 0 aromatic rings. The number of allylic oxidation sites excluding steroid dienone is 2. The number of ether oxygens (including phenoxy) is 6. The Morgan fingerprint density at radius 2 is 1.34 bits per heavy atom. The number of hydrogen-bond donors (Lipinski definition) is 9. The quantitative estimate of drug-likeness (QED) is 0.125. The number of hydrogen-bond acceptors (Lipinski definition) is 15. The van der Waals surface area contributed by atoms with Gasteiger partial charge < -0.3 is 74.4 Å². The van der Waals surface area contributed by atoms with Crippen LogP contribution >= 0.6 is 0 Å². The second-order valence-electron chi connectivity index (χ2n) is 22.6. The van der Waals surface area contributed by atoms with E-state index >= 15 is 0 Å². The monoisotopic (exact) mass is 882 g/mol. The lowest BCUT2D eigenvalue weighted by molar-refractivity contribution is -0.384. The number of carboxylic acids is 1. The lowest BCUT2D eigenvalue weighted by Crippen LogP contribution is -2.66. The van der Waals surface area contributed by atoms with E-state index in [0.717, 1.165) is 51.4 Å². The zero-order valence-electron chi connectivity index (χ0n) is 37.5. The minimum atomic E-state index is -1.79. The van der Waals surface area contributed by atoms with Crippen molar-refractivity contribution in [1.82, 2.24) is 0 Å². The minimum Gasteiger partial charge on any atom is -0.481 e. The van der Waals surface area contributed by atoms with Crippen LogP contribution in [0, 0.1) is 50.2 Å². The number of carbonyl (C=O) groups is 1. The highest BCUT2D eigenvalue weighted by Crippen LogP contribution is 2.76. The van der Waals surface area contributed by atoms with Crippen molar-refractivity contribution in [2.75, 3.05) is 19.8 Å². The van der Waals surface area contributed by atoms with Gasteiger partial charge in [-0.15, -0.1) is 0 Å². The van der Waals surface area contributed by atoms with Gasteiger partial charge in [-0.1, -0.05) is 60.1 Å². The van der Waals surface area contributed by atoms with Crippen LogP contribution in [-0.4, -0.2) is 158 Å². The van der Waals surface area contributed by atoms with Crippen molar-refractivity contribution in [2.45, 2.75) is 199 Å². The van der Waals surface area contributed by atoms with Gasteiger partial charge in [-0.3, -0.25) is 4.79 Å². The van der Waals surface area contributed by atoms with E-state index in [9.17, 15) is 50.8 Å². The average Bonchev–Trinajstić information content (AvgIpc) is 3.21. The van der Waals surface area contributed by atoms with Crippen LogP contribution in [0.4, 0.5) is 0 Å². The molecule has 0 amide bonds. The Hall–Kier alpha value is -1.35. The van der Waals surface area contributed by atoms with Crippen molar-refractivity contribution in [2.24, 2.45) is 50.2 Å².